The highest BCUT2D eigenvalue weighted by atomic mass is 16.4. The predicted octanol–water partition coefficient (Wildman–Crippen LogP) is 0.508. The number of carboxylic acid groups (broad SMARTS) is 1. The second-order valence-electron chi connectivity index (χ2n) is 2.80. The average molecular weight is 192 g/mol. The first-order valence-corrected chi connectivity index (χ1v) is 3.95. The Balaban J connectivity index is 2.57. The standard InChI is InChI=1S/C8H8N4O2/c1-12-6(2-3-10-12)7-5(8(13)14)4-9-11-7/h2-4H,1H3,(H,9,11)(H,13,14). The Kier molecular flexibility index (Phi) is 1.81. The number of carboxylic acids is 1. The molecule has 6 heteroatoms. The summed E-state index contributed by atoms with van der Waals surface area (Å²) >= 11 is 0. The van der Waals surface area contributed by atoms with E-state index in [-0.39, 0.29) is 5.56 Å². The molecule has 0 aromatic carbocycles. The quantitative estimate of drug-likeness (QED) is 0.726. The van der Waals surface area contributed by atoms with E-state index in [1.807, 2.05) is 0 Å². The minimum absolute atomic E-state index is 0.147. The third-order valence-corrected chi connectivity index (χ3v) is 1.95. The minimum atomic E-state index is -1.00. The summed E-state index contributed by atoms with van der Waals surface area (Å²) in [6, 6.07) is 1.72. The molecule has 2 aromatic heterocycles. The third-order valence-electron chi connectivity index (χ3n) is 1.95. The summed E-state index contributed by atoms with van der Waals surface area (Å²) < 4.78 is 1.58. The zero-order valence-corrected chi connectivity index (χ0v) is 7.43. The largest absolute Gasteiger partial charge is 0.478 e. The van der Waals surface area contributed by atoms with Crippen molar-refractivity contribution in [2.24, 2.45) is 7.05 Å². The normalized spacial score (nSPS) is 10.4. The van der Waals surface area contributed by atoms with Crippen molar-refractivity contribution in [1.82, 2.24) is 20.0 Å². The van der Waals surface area contributed by atoms with Gasteiger partial charge in [0.25, 0.3) is 0 Å². The van der Waals surface area contributed by atoms with Crippen molar-refractivity contribution in [2.75, 3.05) is 0 Å². The zero-order chi connectivity index (χ0) is 10.1. The van der Waals surface area contributed by atoms with Crippen LogP contribution in [0.5, 0.6) is 0 Å². The number of carbonyl (C=O) groups is 1. The van der Waals surface area contributed by atoms with Crippen LogP contribution in [-0.4, -0.2) is 31.1 Å². The highest BCUT2D eigenvalue weighted by Gasteiger charge is 2.15. The van der Waals surface area contributed by atoms with Crippen LogP contribution in [0.1, 0.15) is 10.4 Å². The maximum absolute atomic E-state index is 10.8. The van der Waals surface area contributed by atoms with Crippen molar-refractivity contribution in [2.45, 2.75) is 0 Å². The molecule has 0 aliphatic rings. The van der Waals surface area contributed by atoms with E-state index in [9.17, 15) is 4.79 Å². The molecule has 0 saturated heterocycles. The monoisotopic (exact) mass is 192 g/mol. The van der Waals surface area contributed by atoms with Gasteiger partial charge in [0.1, 0.15) is 5.56 Å². The molecule has 0 aliphatic carbocycles. The number of aromatic nitrogens is 4. The van der Waals surface area contributed by atoms with Gasteiger partial charge in [-0.25, -0.2) is 4.79 Å². The van der Waals surface area contributed by atoms with Crippen LogP contribution in [0.15, 0.2) is 18.5 Å². The fourth-order valence-electron chi connectivity index (χ4n) is 1.26. The summed E-state index contributed by atoms with van der Waals surface area (Å²) in [6.45, 7) is 0. The van der Waals surface area contributed by atoms with E-state index in [1.54, 1.807) is 24.0 Å². The van der Waals surface area contributed by atoms with Crippen molar-refractivity contribution in [3.05, 3.63) is 24.0 Å². The summed E-state index contributed by atoms with van der Waals surface area (Å²) in [7, 11) is 1.74. The van der Waals surface area contributed by atoms with Crippen LogP contribution in [0.25, 0.3) is 11.4 Å². The van der Waals surface area contributed by atoms with Gasteiger partial charge in [0.15, 0.2) is 0 Å². The summed E-state index contributed by atoms with van der Waals surface area (Å²) in [5.74, 6) is -1.00. The van der Waals surface area contributed by atoms with E-state index in [0.717, 1.165) is 0 Å². The van der Waals surface area contributed by atoms with Gasteiger partial charge in [-0.3, -0.25) is 9.78 Å². The molecule has 2 N–H and O–H groups in total. The minimum Gasteiger partial charge on any atom is -0.478 e. The van der Waals surface area contributed by atoms with E-state index in [4.69, 9.17) is 5.11 Å². The maximum Gasteiger partial charge on any atom is 0.339 e. The Hall–Kier alpha value is -2.11. The van der Waals surface area contributed by atoms with Gasteiger partial charge in [-0.15, -0.1) is 0 Å². The molecule has 0 fully saturated rings. The van der Waals surface area contributed by atoms with Gasteiger partial charge >= 0.3 is 5.97 Å². The van der Waals surface area contributed by atoms with Gasteiger partial charge in [0.2, 0.25) is 0 Å². The van der Waals surface area contributed by atoms with E-state index in [0.29, 0.717) is 11.4 Å². The van der Waals surface area contributed by atoms with Crippen molar-refractivity contribution in [1.29, 1.82) is 0 Å². The second-order valence-corrected chi connectivity index (χ2v) is 2.80. The molecule has 0 unspecified atom stereocenters. The molecule has 0 saturated carbocycles. The van der Waals surface area contributed by atoms with Crippen molar-refractivity contribution in [3.8, 4) is 11.4 Å². The first-order chi connectivity index (χ1) is 6.70. The van der Waals surface area contributed by atoms with E-state index < -0.39 is 5.97 Å². The van der Waals surface area contributed by atoms with E-state index in [1.165, 1.54) is 6.20 Å². The van der Waals surface area contributed by atoms with Crippen LogP contribution >= 0.6 is 0 Å². The molecule has 6 nitrogen and oxygen atoms in total. The van der Waals surface area contributed by atoms with E-state index in [2.05, 4.69) is 15.3 Å². The van der Waals surface area contributed by atoms with Crippen LogP contribution in [0, 0.1) is 0 Å². The van der Waals surface area contributed by atoms with Crippen LogP contribution < -0.4 is 0 Å². The first-order valence-electron chi connectivity index (χ1n) is 3.95. The molecule has 0 aliphatic heterocycles. The molecule has 2 aromatic rings. The number of hydrogen-bond donors (Lipinski definition) is 2. The number of H-pyrrole nitrogens is 1. The van der Waals surface area contributed by atoms with Crippen LogP contribution in [0.2, 0.25) is 0 Å². The maximum atomic E-state index is 10.8. The molecule has 0 bridgehead atoms. The van der Waals surface area contributed by atoms with Crippen molar-refractivity contribution < 1.29 is 9.90 Å². The van der Waals surface area contributed by atoms with Gasteiger partial charge in [-0.05, 0) is 6.07 Å². The average Bonchev–Trinajstić information content (AvgIpc) is 2.70. The third kappa shape index (κ3) is 1.17. The summed E-state index contributed by atoms with van der Waals surface area (Å²) in [5.41, 5.74) is 1.31. The molecule has 2 heterocycles. The topological polar surface area (TPSA) is 83.8 Å². The number of nitrogens with zero attached hydrogens (tertiary/aromatic N) is 3. The lowest BCUT2D eigenvalue weighted by atomic mass is 10.2. The van der Waals surface area contributed by atoms with Gasteiger partial charge in [-0.2, -0.15) is 10.2 Å². The van der Waals surface area contributed by atoms with Gasteiger partial charge in [-0.1, -0.05) is 0 Å². The van der Waals surface area contributed by atoms with Crippen molar-refractivity contribution in [3.63, 3.8) is 0 Å². The SMILES string of the molecule is Cn1nccc1-c1[nH]ncc1C(=O)O. The van der Waals surface area contributed by atoms with Crippen LogP contribution in [0.4, 0.5) is 0 Å². The van der Waals surface area contributed by atoms with Gasteiger partial charge in [0, 0.05) is 13.2 Å². The molecule has 0 radical (unpaired) electrons. The molecular weight excluding hydrogens is 184 g/mol. The predicted molar refractivity (Wildman–Crippen MR) is 47.7 cm³/mol. The highest BCUT2D eigenvalue weighted by Crippen LogP contribution is 2.19. The number of aromatic carboxylic acids is 1. The summed E-state index contributed by atoms with van der Waals surface area (Å²) in [4.78, 5) is 10.8. The Morgan fingerprint density at radius 1 is 1.64 bits per heavy atom. The van der Waals surface area contributed by atoms with Gasteiger partial charge < -0.3 is 5.11 Å². The Labute approximate surface area is 79.2 Å². The van der Waals surface area contributed by atoms with Crippen molar-refractivity contribution >= 4 is 5.97 Å². The summed E-state index contributed by atoms with van der Waals surface area (Å²) in [5, 5.41) is 19.1. The molecule has 14 heavy (non-hydrogen) atoms. The van der Waals surface area contributed by atoms with E-state index >= 15 is 0 Å². The van der Waals surface area contributed by atoms with Gasteiger partial charge in [0.05, 0.1) is 17.6 Å². The summed E-state index contributed by atoms with van der Waals surface area (Å²) in [6.07, 6.45) is 2.88. The lowest BCUT2D eigenvalue weighted by molar-refractivity contribution is 0.0698. The number of aromatic amines is 1. The zero-order valence-electron chi connectivity index (χ0n) is 7.43. The number of nitrogens with one attached hydrogen (secondary N) is 1. The fourth-order valence-corrected chi connectivity index (χ4v) is 1.26. The molecule has 2 rings (SSSR count). The highest BCUT2D eigenvalue weighted by molar-refractivity contribution is 5.93. The lowest BCUT2D eigenvalue weighted by Gasteiger charge is -1.99. The molecule has 72 valence electrons. The number of rotatable bonds is 2. The number of aryl methyl sites for hydroxylation is 1. The molecule has 0 amide bonds. The Morgan fingerprint density at radius 2 is 2.43 bits per heavy atom. The second kappa shape index (κ2) is 2.99. The van der Waals surface area contributed by atoms with Crippen LogP contribution in [-0.2, 0) is 7.05 Å². The Morgan fingerprint density at radius 3 is 3.00 bits per heavy atom. The lowest BCUT2D eigenvalue weighted by Crippen LogP contribution is -2.00. The molecule has 0 spiro atoms. The Bertz CT molecular complexity index is 471. The van der Waals surface area contributed by atoms with Crippen LogP contribution in [0.3, 0.4) is 0 Å². The fraction of sp³-hybridized carbons (Fsp3) is 0.125. The smallest absolute Gasteiger partial charge is 0.339 e. The molecule has 0 atom stereocenters. The first kappa shape index (κ1) is 8.49. The molecular formula is C8H8N4O2. The number of hydrogen-bond acceptors (Lipinski definition) is 3.